The number of guanidine groups is 1. The summed E-state index contributed by atoms with van der Waals surface area (Å²) in [6, 6.07) is 16.0. The first-order valence-electron chi connectivity index (χ1n) is 9.24. The highest BCUT2D eigenvalue weighted by atomic mass is 35.5. The quantitative estimate of drug-likeness (QED) is 0.593. The number of halogens is 1. The Balaban J connectivity index is 1.45. The number of carbonyl (C=O) groups is 1. The summed E-state index contributed by atoms with van der Waals surface area (Å²) in [6.45, 7) is 2.26. The lowest BCUT2D eigenvalue weighted by atomic mass is 10.1. The van der Waals surface area contributed by atoms with Crippen molar-refractivity contribution in [3.05, 3.63) is 64.7 Å². The van der Waals surface area contributed by atoms with Crippen LogP contribution in [0, 0.1) is 0 Å². The van der Waals surface area contributed by atoms with Gasteiger partial charge in [-0.3, -0.25) is 9.79 Å². The summed E-state index contributed by atoms with van der Waals surface area (Å²) in [5.41, 5.74) is 3.31. The zero-order chi connectivity index (χ0) is 19.1. The largest absolute Gasteiger partial charge is 0.356 e. The fourth-order valence-corrected chi connectivity index (χ4v) is 3.35. The van der Waals surface area contributed by atoms with E-state index < -0.39 is 0 Å². The van der Waals surface area contributed by atoms with Gasteiger partial charge in [-0.15, -0.1) is 0 Å². The fourth-order valence-electron chi connectivity index (χ4n) is 3.14. The zero-order valence-electron chi connectivity index (χ0n) is 15.5. The second kappa shape index (κ2) is 9.42. The van der Waals surface area contributed by atoms with Crippen LogP contribution in [-0.2, 0) is 17.8 Å². The molecule has 27 heavy (non-hydrogen) atoms. The summed E-state index contributed by atoms with van der Waals surface area (Å²) in [7, 11) is 1.76. The van der Waals surface area contributed by atoms with Gasteiger partial charge in [-0.1, -0.05) is 35.9 Å². The van der Waals surface area contributed by atoms with E-state index in [0.29, 0.717) is 13.0 Å². The van der Waals surface area contributed by atoms with E-state index in [1.54, 1.807) is 7.05 Å². The standard InChI is InChI=1S/C21H25ClN4O/c1-23-21(24-12-11-16-4-2-5-18(22)14-16)25-15-17-7-9-19(10-8-17)26-13-3-6-20(26)27/h2,4-5,7-10,14H,3,6,11-13,15H2,1H3,(H2,23,24,25). The molecule has 2 aromatic carbocycles. The van der Waals surface area contributed by atoms with Gasteiger partial charge in [-0.25, -0.2) is 0 Å². The van der Waals surface area contributed by atoms with E-state index in [1.807, 2.05) is 47.4 Å². The second-order valence-corrected chi connectivity index (χ2v) is 6.98. The molecule has 1 amide bonds. The summed E-state index contributed by atoms with van der Waals surface area (Å²) < 4.78 is 0. The average Bonchev–Trinajstić information content (AvgIpc) is 3.11. The first-order valence-corrected chi connectivity index (χ1v) is 9.62. The molecule has 2 aromatic rings. The Bertz CT molecular complexity index is 804. The highest BCUT2D eigenvalue weighted by Gasteiger charge is 2.21. The predicted molar refractivity (Wildman–Crippen MR) is 111 cm³/mol. The molecule has 0 bridgehead atoms. The van der Waals surface area contributed by atoms with E-state index in [1.165, 1.54) is 5.56 Å². The number of nitrogens with zero attached hydrogens (tertiary/aromatic N) is 2. The van der Waals surface area contributed by atoms with E-state index >= 15 is 0 Å². The van der Waals surface area contributed by atoms with E-state index in [-0.39, 0.29) is 5.91 Å². The summed E-state index contributed by atoms with van der Waals surface area (Å²) in [6.07, 6.45) is 2.47. The lowest BCUT2D eigenvalue weighted by Gasteiger charge is -2.16. The summed E-state index contributed by atoms with van der Waals surface area (Å²) in [4.78, 5) is 17.9. The Morgan fingerprint density at radius 2 is 1.96 bits per heavy atom. The highest BCUT2D eigenvalue weighted by Crippen LogP contribution is 2.21. The van der Waals surface area contributed by atoms with Gasteiger partial charge in [0.25, 0.3) is 0 Å². The number of benzene rings is 2. The molecule has 5 nitrogen and oxygen atoms in total. The van der Waals surface area contributed by atoms with Crippen molar-refractivity contribution in [1.29, 1.82) is 0 Å². The van der Waals surface area contributed by atoms with E-state index in [2.05, 4.69) is 21.7 Å². The van der Waals surface area contributed by atoms with Crippen LogP contribution in [0.5, 0.6) is 0 Å². The van der Waals surface area contributed by atoms with Gasteiger partial charge in [0.05, 0.1) is 0 Å². The fraction of sp³-hybridized carbons (Fsp3) is 0.333. The molecule has 142 valence electrons. The van der Waals surface area contributed by atoms with Gasteiger partial charge in [0, 0.05) is 43.8 Å². The molecule has 2 N–H and O–H groups in total. The van der Waals surface area contributed by atoms with Crippen molar-refractivity contribution in [3.63, 3.8) is 0 Å². The minimum atomic E-state index is 0.213. The Morgan fingerprint density at radius 3 is 2.63 bits per heavy atom. The average molecular weight is 385 g/mol. The number of carbonyl (C=O) groups excluding carboxylic acids is 1. The van der Waals surface area contributed by atoms with Crippen molar-refractivity contribution in [2.45, 2.75) is 25.8 Å². The number of aliphatic imine (C=N–C) groups is 1. The Kier molecular flexibility index (Phi) is 6.71. The SMILES string of the molecule is CN=C(NCCc1cccc(Cl)c1)NCc1ccc(N2CCCC2=O)cc1. The predicted octanol–water partition coefficient (Wildman–Crippen LogP) is 3.37. The molecule has 1 aliphatic rings. The number of rotatable bonds is 6. The third-order valence-corrected chi connectivity index (χ3v) is 4.84. The first kappa shape index (κ1) is 19.2. The Hall–Kier alpha value is -2.53. The van der Waals surface area contributed by atoms with Crippen LogP contribution in [0.3, 0.4) is 0 Å². The van der Waals surface area contributed by atoms with Crippen LogP contribution in [0.15, 0.2) is 53.5 Å². The Morgan fingerprint density at radius 1 is 1.15 bits per heavy atom. The van der Waals surface area contributed by atoms with Crippen molar-refractivity contribution < 1.29 is 4.79 Å². The van der Waals surface area contributed by atoms with E-state index in [4.69, 9.17) is 11.6 Å². The molecular weight excluding hydrogens is 360 g/mol. The molecular formula is C21H25ClN4O. The first-order chi connectivity index (χ1) is 13.2. The van der Waals surface area contributed by atoms with Crippen LogP contribution in [0.25, 0.3) is 0 Å². The van der Waals surface area contributed by atoms with E-state index in [9.17, 15) is 4.79 Å². The van der Waals surface area contributed by atoms with Gasteiger partial charge in [-0.05, 0) is 48.2 Å². The summed E-state index contributed by atoms with van der Waals surface area (Å²) in [5.74, 6) is 0.973. The second-order valence-electron chi connectivity index (χ2n) is 6.55. The maximum atomic E-state index is 11.8. The lowest BCUT2D eigenvalue weighted by Crippen LogP contribution is -2.37. The van der Waals surface area contributed by atoms with Crippen molar-refractivity contribution in [1.82, 2.24) is 10.6 Å². The molecule has 1 saturated heterocycles. The maximum Gasteiger partial charge on any atom is 0.227 e. The molecule has 0 radical (unpaired) electrons. The molecule has 6 heteroatoms. The van der Waals surface area contributed by atoms with Crippen LogP contribution in [-0.4, -0.2) is 32.0 Å². The maximum absolute atomic E-state index is 11.8. The van der Waals surface area contributed by atoms with Gasteiger partial charge in [0.15, 0.2) is 5.96 Å². The third-order valence-electron chi connectivity index (χ3n) is 4.60. The van der Waals surface area contributed by atoms with Crippen molar-refractivity contribution in [2.75, 3.05) is 25.0 Å². The molecule has 0 unspecified atom stereocenters. The molecule has 3 rings (SSSR count). The van der Waals surface area contributed by atoms with Gasteiger partial charge < -0.3 is 15.5 Å². The molecule has 0 spiro atoms. The normalized spacial score (nSPS) is 14.5. The van der Waals surface area contributed by atoms with Crippen LogP contribution in [0.1, 0.15) is 24.0 Å². The number of hydrogen-bond acceptors (Lipinski definition) is 2. The minimum Gasteiger partial charge on any atom is -0.356 e. The molecule has 1 heterocycles. The molecule has 0 aliphatic carbocycles. The van der Waals surface area contributed by atoms with Crippen molar-refractivity contribution in [2.24, 2.45) is 4.99 Å². The van der Waals surface area contributed by atoms with Gasteiger partial charge in [0.1, 0.15) is 0 Å². The highest BCUT2D eigenvalue weighted by molar-refractivity contribution is 6.30. The van der Waals surface area contributed by atoms with Crippen LogP contribution < -0.4 is 15.5 Å². The molecule has 0 saturated carbocycles. The van der Waals surface area contributed by atoms with Crippen molar-refractivity contribution in [3.8, 4) is 0 Å². The van der Waals surface area contributed by atoms with Gasteiger partial charge in [0.2, 0.25) is 5.91 Å². The lowest BCUT2D eigenvalue weighted by molar-refractivity contribution is -0.117. The van der Waals surface area contributed by atoms with Crippen LogP contribution >= 0.6 is 11.6 Å². The third kappa shape index (κ3) is 5.47. The smallest absolute Gasteiger partial charge is 0.227 e. The van der Waals surface area contributed by atoms with Crippen molar-refractivity contribution >= 4 is 29.2 Å². The van der Waals surface area contributed by atoms with Crippen LogP contribution in [0.4, 0.5) is 5.69 Å². The number of hydrogen-bond donors (Lipinski definition) is 2. The van der Waals surface area contributed by atoms with Gasteiger partial charge >= 0.3 is 0 Å². The topological polar surface area (TPSA) is 56.7 Å². The molecule has 0 aromatic heterocycles. The van der Waals surface area contributed by atoms with E-state index in [0.717, 1.165) is 48.2 Å². The monoisotopic (exact) mass is 384 g/mol. The van der Waals surface area contributed by atoms with Crippen LogP contribution in [0.2, 0.25) is 5.02 Å². The summed E-state index contributed by atoms with van der Waals surface area (Å²) in [5, 5.41) is 7.38. The zero-order valence-corrected chi connectivity index (χ0v) is 16.3. The summed E-state index contributed by atoms with van der Waals surface area (Å²) >= 11 is 6.01. The molecule has 1 aliphatic heterocycles. The number of nitrogens with one attached hydrogen (secondary N) is 2. The van der Waals surface area contributed by atoms with Gasteiger partial charge in [-0.2, -0.15) is 0 Å². The Labute approximate surface area is 165 Å². The molecule has 1 fully saturated rings. The molecule has 0 atom stereocenters. The number of amides is 1. The number of anilines is 1. The minimum absolute atomic E-state index is 0.213.